The Labute approximate surface area is 139 Å². The van der Waals surface area contributed by atoms with Gasteiger partial charge < -0.3 is 10.1 Å². The summed E-state index contributed by atoms with van der Waals surface area (Å²) in [6.45, 7) is 0.715. The van der Waals surface area contributed by atoms with E-state index in [4.69, 9.17) is 4.74 Å². The third-order valence-electron chi connectivity index (χ3n) is 3.07. The fraction of sp³-hybridized carbons (Fsp3) is 0.167. The Kier molecular flexibility index (Phi) is 6.71. The molecule has 4 heteroatoms. The van der Waals surface area contributed by atoms with Crippen LogP contribution in [0.2, 0.25) is 0 Å². The summed E-state index contributed by atoms with van der Waals surface area (Å²) >= 11 is 3.46. The van der Waals surface area contributed by atoms with E-state index in [0.29, 0.717) is 6.54 Å². The largest absolute Gasteiger partial charge is 0.445 e. The van der Waals surface area contributed by atoms with E-state index in [-0.39, 0.29) is 6.61 Å². The average molecular weight is 360 g/mol. The smallest absolute Gasteiger partial charge is 0.407 e. The number of hydrogen-bond acceptors (Lipinski definition) is 2. The zero-order valence-electron chi connectivity index (χ0n) is 12.2. The lowest BCUT2D eigenvalue weighted by molar-refractivity contribution is 0.141. The first-order valence-electron chi connectivity index (χ1n) is 7.04. The van der Waals surface area contributed by atoms with E-state index < -0.39 is 6.09 Å². The summed E-state index contributed by atoms with van der Waals surface area (Å²) in [6, 6.07) is 17.7. The summed E-state index contributed by atoms with van der Waals surface area (Å²) in [6.07, 6.45) is 3.49. The lowest BCUT2D eigenvalue weighted by Crippen LogP contribution is -2.24. The van der Waals surface area contributed by atoms with Crippen molar-refractivity contribution in [3.05, 3.63) is 77.4 Å². The fourth-order valence-corrected chi connectivity index (χ4v) is 2.43. The number of benzene rings is 2. The van der Waals surface area contributed by atoms with Gasteiger partial charge >= 0.3 is 6.09 Å². The number of hydrogen-bond donors (Lipinski definition) is 1. The van der Waals surface area contributed by atoms with E-state index >= 15 is 0 Å². The summed E-state index contributed by atoms with van der Waals surface area (Å²) < 4.78 is 5.13. The lowest BCUT2D eigenvalue weighted by Gasteiger charge is -2.05. The Morgan fingerprint density at radius 2 is 1.82 bits per heavy atom. The molecule has 0 spiro atoms. The Hall–Kier alpha value is -2.07. The zero-order valence-corrected chi connectivity index (χ0v) is 13.8. The highest BCUT2D eigenvalue weighted by Gasteiger charge is 2.00. The van der Waals surface area contributed by atoms with Crippen LogP contribution in [0.15, 0.2) is 60.7 Å². The van der Waals surface area contributed by atoms with Crippen molar-refractivity contribution in [3.8, 4) is 0 Å². The van der Waals surface area contributed by atoms with Crippen molar-refractivity contribution in [2.45, 2.75) is 11.9 Å². The molecule has 0 bridgehead atoms. The number of ether oxygens (including phenoxy) is 1. The Bertz CT molecular complexity index is 626. The Morgan fingerprint density at radius 1 is 1.09 bits per heavy atom. The van der Waals surface area contributed by atoms with Crippen LogP contribution in [0.1, 0.15) is 16.7 Å². The third-order valence-corrected chi connectivity index (χ3v) is 3.68. The van der Waals surface area contributed by atoms with Crippen molar-refractivity contribution in [2.24, 2.45) is 0 Å². The number of alkyl carbamates (subject to hydrolysis) is 1. The van der Waals surface area contributed by atoms with Crippen molar-refractivity contribution in [1.82, 2.24) is 5.32 Å². The molecular formula is C18H18BrNO2. The van der Waals surface area contributed by atoms with Gasteiger partial charge in [-0.05, 0) is 16.7 Å². The second-order valence-electron chi connectivity index (χ2n) is 4.68. The van der Waals surface area contributed by atoms with Crippen molar-refractivity contribution < 1.29 is 9.53 Å². The van der Waals surface area contributed by atoms with Crippen molar-refractivity contribution in [2.75, 3.05) is 6.54 Å². The number of carbonyl (C=O) groups is 1. The molecule has 0 saturated carbocycles. The topological polar surface area (TPSA) is 38.3 Å². The van der Waals surface area contributed by atoms with E-state index in [0.717, 1.165) is 16.5 Å². The second kappa shape index (κ2) is 9.05. The number of nitrogens with one attached hydrogen (secondary N) is 1. The normalized spacial score (nSPS) is 10.6. The molecule has 22 heavy (non-hydrogen) atoms. The molecule has 0 heterocycles. The van der Waals surface area contributed by atoms with Gasteiger partial charge in [-0.1, -0.05) is 82.7 Å². The van der Waals surface area contributed by atoms with Crippen LogP contribution in [0, 0.1) is 0 Å². The zero-order chi connectivity index (χ0) is 15.6. The van der Waals surface area contributed by atoms with E-state index in [9.17, 15) is 4.79 Å². The minimum atomic E-state index is -0.415. The second-order valence-corrected chi connectivity index (χ2v) is 5.24. The highest BCUT2D eigenvalue weighted by molar-refractivity contribution is 9.08. The highest BCUT2D eigenvalue weighted by atomic mass is 79.9. The summed E-state index contributed by atoms with van der Waals surface area (Å²) in [4.78, 5) is 11.6. The van der Waals surface area contributed by atoms with E-state index in [1.807, 2.05) is 60.7 Å². The van der Waals surface area contributed by atoms with Gasteiger partial charge in [0, 0.05) is 11.9 Å². The maximum atomic E-state index is 11.6. The van der Waals surface area contributed by atoms with Crippen LogP contribution in [0.25, 0.3) is 6.08 Å². The molecule has 0 fully saturated rings. The first-order chi connectivity index (χ1) is 10.8. The fourth-order valence-electron chi connectivity index (χ4n) is 1.92. The molecule has 2 aromatic carbocycles. The van der Waals surface area contributed by atoms with E-state index in [1.165, 1.54) is 5.56 Å². The minimum Gasteiger partial charge on any atom is -0.445 e. The van der Waals surface area contributed by atoms with Crippen LogP contribution >= 0.6 is 15.9 Å². The van der Waals surface area contributed by atoms with Gasteiger partial charge in [-0.3, -0.25) is 0 Å². The first kappa shape index (κ1) is 16.3. The molecule has 0 radical (unpaired) electrons. The molecule has 2 aromatic rings. The molecule has 0 aliphatic carbocycles. The highest BCUT2D eigenvalue weighted by Crippen LogP contribution is 2.13. The molecule has 0 atom stereocenters. The molecule has 114 valence electrons. The predicted octanol–water partition coefficient (Wildman–Crippen LogP) is 4.52. The summed E-state index contributed by atoms with van der Waals surface area (Å²) in [5.41, 5.74) is 3.32. The molecule has 0 aliphatic heterocycles. The van der Waals surface area contributed by atoms with Crippen LogP contribution in [-0.2, 0) is 16.7 Å². The quantitative estimate of drug-likeness (QED) is 0.769. The molecular weight excluding hydrogens is 342 g/mol. The van der Waals surface area contributed by atoms with Crippen molar-refractivity contribution in [1.29, 1.82) is 0 Å². The van der Waals surface area contributed by atoms with Crippen LogP contribution < -0.4 is 5.32 Å². The van der Waals surface area contributed by atoms with Gasteiger partial charge in [-0.2, -0.15) is 0 Å². The molecule has 0 aromatic heterocycles. The molecule has 3 nitrogen and oxygen atoms in total. The van der Waals surface area contributed by atoms with Crippen LogP contribution in [-0.4, -0.2) is 12.6 Å². The van der Waals surface area contributed by atoms with Crippen LogP contribution in [0.4, 0.5) is 4.79 Å². The molecule has 0 aliphatic rings. The number of carbonyl (C=O) groups excluding carboxylic acids is 1. The molecule has 1 amide bonds. The number of alkyl halides is 1. The third kappa shape index (κ3) is 5.37. The van der Waals surface area contributed by atoms with E-state index in [1.54, 1.807) is 0 Å². The molecule has 2 rings (SSSR count). The minimum absolute atomic E-state index is 0.281. The van der Waals surface area contributed by atoms with Gasteiger partial charge in [0.15, 0.2) is 0 Å². The van der Waals surface area contributed by atoms with Gasteiger partial charge in [-0.15, -0.1) is 0 Å². The van der Waals surface area contributed by atoms with Crippen LogP contribution in [0.5, 0.6) is 0 Å². The van der Waals surface area contributed by atoms with Gasteiger partial charge in [0.1, 0.15) is 6.61 Å². The van der Waals surface area contributed by atoms with Gasteiger partial charge in [0.25, 0.3) is 0 Å². The standard InChI is InChI=1S/C18H18BrNO2/c19-13-17-10-5-4-9-16(17)11-6-12-20-18(21)22-14-15-7-2-1-3-8-15/h1-11H,12-14H2,(H,20,21). The lowest BCUT2D eigenvalue weighted by atomic mass is 10.1. The average Bonchev–Trinajstić information content (AvgIpc) is 2.58. The van der Waals surface area contributed by atoms with Gasteiger partial charge in [-0.25, -0.2) is 4.79 Å². The molecule has 1 N–H and O–H groups in total. The Balaban J connectivity index is 1.73. The maximum Gasteiger partial charge on any atom is 0.407 e. The van der Waals surface area contributed by atoms with Crippen LogP contribution in [0.3, 0.4) is 0 Å². The van der Waals surface area contributed by atoms with Gasteiger partial charge in [0.2, 0.25) is 0 Å². The van der Waals surface area contributed by atoms with E-state index in [2.05, 4.69) is 27.3 Å². The molecule has 0 unspecified atom stereocenters. The number of rotatable bonds is 6. The number of halogens is 1. The summed E-state index contributed by atoms with van der Waals surface area (Å²) in [5, 5.41) is 3.51. The van der Waals surface area contributed by atoms with Crippen molar-refractivity contribution in [3.63, 3.8) is 0 Å². The first-order valence-corrected chi connectivity index (χ1v) is 8.16. The SMILES string of the molecule is O=C(NCC=Cc1ccccc1CBr)OCc1ccccc1. The maximum absolute atomic E-state index is 11.6. The Morgan fingerprint density at radius 3 is 2.59 bits per heavy atom. The monoisotopic (exact) mass is 359 g/mol. The van der Waals surface area contributed by atoms with Crippen molar-refractivity contribution >= 4 is 28.1 Å². The summed E-state index contributed by atoms with van der Waals surface area (Å²) in [7, 11) is 0. The van der Waals surface area contributed by atoms with Gasteiger partial charge in [0.05, 0.1) is 0 Å². The predicted molar refractivity (Wildman–Crippen MR) is 92.7 cm³/mol. The summed E-state index contributed by atoms with van der Waals surface area (Å²) in [5.74, 6) is 0. The molecule has 0 saturated heterocycles. The number of amides is 1.